The molecule has 1 fully saturated rings. The fraction of sp³-hybridized carbons (Fsp3) is 0.455. The molecule has 84 valence electrons. The van der Waals surface area contributed by atoms with Gasteiger partial charge in [0.05, 0.1) is 12.0 Å². The quantitative estimate of drug-likeness (QED) is 0.915. The van der Waals surface area contributed by atoms with Crippen LogP contribution in [0.4, 0.5) is 0 Å². The predicted octanol–water partition coefficient (Wildman–Crippen LogP) is 1.91. The fourth-order valence-electron chi connectivity index (χ4n) is 2.14. The summed E-state index contributed by atoms with van der Waals surface area (Å²) in [6.07, 6.45) is 5.00. The van der Waals surface area contributed by atoms with Crippen molar-refractivity contribution in [3.05, 3.63) is 28.6 Å². The van der Waals surface area contributed by atoms with Crippen LogP contribution in [0.1, 0.15) is 25.1 Å². The third kappa shape index (κ3) is 1.38. The maximum absolute atomic E-state index is 9.47. The molecule has 0 bridgehead atoms. The van der Waals surface area contributed by atoms with Crippen LogP contribution in [0.15, 0.2) is 22.8 Å². The van der Waals surface area contributed by atoms with Gasteiger partial charge in [-0.05, 0) is 25.0 Å². The van der Waals surface area contributed by atoms with Gasteiger partial charge in [-0.15, -0.1) is 0 Å². The number of aliphatic hydroxyl groups excluding tert-OH is 1. The predicted molar refractivity (Wildman–Crippen MR) is 63.3 cm³/mol. The Morgan fingerprint density at radius 3 is 2.94 bits per heavy atom. The SMILES string of the molecule is OCC1(c2nc3cc(Br)ccn3n2)CCC1. The lowest BCUT2D eigenvalue weighted by Gasteiger charge is -2.37. The Morgan fingerprint density at radius 1 is 1.50 bits per heavy atom. The number of halogens is 1. The highest BCUT2D eigenvalue weighted by Gasteiger charge is 2.41. The van der Waals surface area contributed by atoms with E-state index in [1.165, 1.54) is 0 Å². The van der Waals surface area contributed by atoms with Crippen molar-refractivity contribution in [2.75, 3.05) is 6.61 Å². The van der Waals surface area contributed by atoms with E-state index in [0.29, 0.717) is 0 Å². The monoisotopic (exact) mass is 281 g/mol. The van der Waals surface area contributed by atoms with Gasteiger partial charge in [-0.1, -0.05) is 22.4 Å². The van der Waals surface area contributed by atoms with Crippen molar-refractivity contribution < 1.29 is 5.11 Å². The molecule has 1 aliphatic carbocycles. The number of fused-ring (bicyclic) bond motifs is 1. The van der Waals surface area contributed by atoms with Crippen molar-refractivity contribution in [3.8, 4) is 0 Å². The number of nitrogens with zero attached hydrogens (tertiary/aromatic N) is 3. The Morgan fingerprint density at radius 2 is 2.31 bits per heavy atom. The zero-order valence-corrected chi connectivity index (χ0v) is 10.3. The molecule has 0 saturated heterocycles. The Hall–Kier alpha value is -0.940. The van der Waals surface area contributed by atoms with Gasteiger partial charge < -0.3 is 5.11 Å². The molecule has 1 saturated carbocycles. The summed E-state index contributed by atoms with van der Waals surface area (Å²) in [4.78, 5) is 4.50. The smallest absolute Gasteiger partial charge is 0.160 e. The highest BCUT2D eigenvalue weighted by Crippen LogP contribution is 2.41. The van der Waals surface area contributed by atoms with Crippen molar-refractivity contribution in [1.29, 1.82) is 0 Å². The number of hydrogen-bond acceptors (Lipinski definition) is 3. The van der Waals surface area contributed by atoms with Crippen molar-refractivity contribution in [2.45, 2.75) is 24.7 Å². The molecule has 2 aromatic rings. The standard InChI is InChI=1S/C11H12BrN3O/c12-8-2-5-15-9(6-8)13-10(14-15)11(7-16)3-1-4-11/h2,5-6,16H,1,3-4,7H2. The molecule has 1 aliphatic rings. The molecule has 0 radical (unpaired) electrons. The van der Waals surface area contributed by atoms with Crippen LogP contribution < -0.4 is 0 Å². The maximum atomic E-state index is 9.47. The van der Waals surface area contributed by atoms with Gasteiger partial charge in [0.25, 0.3) is 0 Å². The number of hydrogen-bond donors (Lipinski definition) is 1. The van der Waals surface area contributed by atoms with E-state index in [9.17, 15) is 5.11 Å². The van der Waals surface area contributed by atoms with E-state index in [0.717, 1.165) is 35.2 Å². The molecule has 0 unspecified atom stereocenters. The Kier molecular flexibility index (Phi) is 2.26. The Bertz CT molecular complexity index is 527. The first kappa shape index (κ1) is 10.2. The van der Waals surface area contributed by atoms with E-state index in [2.05, 4.69) is 26.0 Å². The maximum Gasteiger partial charge on any atom is 0.160 e. The molecule has 4 nitrogen and oxygen atoms in total. The van der Waals surface area contributed by atoms with Crippen LogP contribution in [0.2, 0.25) is 0 Å². The zero-order chi connectivity index (χ0) is 11.2. The number of rotatable bonds is 2. The van der Waals surface area contributed by atoms with Crippen LogP contribution in [0, 0.1) is 0 Å². The summed E-state index contributed by atoms with van der Waals surface area (Å²) in [5, 5.41) is 13.9. The van der Waals surface area contributed by atoms with Crippen LogP contribution in [0.5, 0.6) is 0 Å². The molecule has 2 heterocycles. The van der Waals surface area contributed by atoms with Gasteiger partial charge in [0.1, 0.15) is 0 Å². The van der Waals surface area contributed by atoms with Crippen molar-refractivity contribution in [1.82, 2.24) is 14.6 Å². The average molecular weight is 282 g/mol. The van der Waals surface area contributed by atoms with Gasteiger partial charge in [-0.3, -0.25) is 0 Å². The van der Waals surface area contributed by atoms with E-state index in [1.807, 2.05) is 18.3 Å². The molecule has 0 aliphatic heterocycles. The van der Waals surface area contributed by atoms with Gasteiger partial charge in [-0.2, -0.15) is 5.10 Å². The van der Waals surface area contributed by atoms with Crippen molar-refractivity contribution in [2.24, 2.45) is 0 Å². The summed E-state index contributed by atoms with van der Waals surface area (Å²) in [5.74, 6) is 0.777. The first-order valence-electron chi connectivity index (χ1n) is 5.37. The van der Waals surface area contributed by atoms with Gasteiger partial charge >= 0.3 is 0 Å². The molecule has 5 heteroatoms. The first-order valence-corrected chi connectivity index (χ1v) is 6.16. The highest BCUT2D eigenvalue weighted by molar-refractivity contribution is 9.10. The van der Waals surface area contributed by atoms with Crippen LogP contribution in [0.25, 0.3) is 5.65 Å². The van der Waals surface area contributed by atoms with Crippen LogP contribution in [0.3, 0.4) is 0 Å². The summed E-state index contributed by atoms with van der Waals surface area (Å²) in [6, 6.07) is 3.86. The second-order valence-corrected chi connectivity index (χ2v) is 5.29. The first-order chi connectivity index (χ1) is 7.73. The second kappa shape index (κ2) is 3.53. The molecule has 0 spiro atoms. The van der Waals surface area contributed by atoms with E-state index >= 15 is 0 Å². The Labute approximate surface area is 101 Å². The number of aromatic nitrogens is 3. The third-order valence-corrected chi connectivity index (χ3v) is 3.88. The second-order valence-electron chi connectivity index (χ2n) is 4.38. The number of pyridine rings is 1. The van der Waals surface area contributed by atoms with Gasteiger partial charge in [0, 0.05) is 10.7 Å². The van der Waals surface area contributed by atoms with E-state index in [-0.39, 0.29) is 12.0 Å². The van der Waals surface area contributed by atoms with Gasteiger partial charge in [0.2, 0.25) is 0 Å². The molecule has 1 N–H and O–H groups in total. The van der Waals surface area contributed by atoms with E-state index in [1.54, 1.807) is 4.52 Å². The van der Waals surface area contributed by atoms with Gasteiger partial charge in [0.15, 0.2) is 11.5 Å². The topological polar surface area (TPSA) is 50.4 Å². The molecule has 0 aromatic carbocycles. The molecule has 3 rings (SSSR count). The molecule has 0 amide bonds. The van der Waals surface area contributed by atoms with E-state index in [4.69, 9.17) is 0 Å². The van der Waals surface area contributed by atoms with Gasteiger partial charge in [-0.25, -0.2) is 9.50 Å². The fourth-order valence-corrected chi connectivity index (χ4v) is 2.46. The minimum atomic E-state index is -0.182. The summed E-state index contributed by atoms with van der Waals surface area (Å²) in [7, 11) is 0. The zero-order valence-electron chi connectivity index (χ0n) is 8.73. The average Bonchev–Trinajstić information content (AvgIpc) is 2.60. The molecule has 0 atom stereocenters. The minimum Gasteiger partial charge on any atom is -0.395 e. The van der Waals surface area contributed by atoms with Crippen LogP contribution >= 0.6 is 15.9 Å². The summed E-state index contributed by atoms with van der Waals surface area (Å²) in [5.41, 5.74) is 0.641. The lowest BCUT2D eigenvalue weighted by atomic mass is 9.69. The molecule has 2 aromatic heterocycles. The lowest BCUT2D eigenvalue weighted by Crippen LogP contribution is -2.39. The highest BCUT2D eigenvalue weighted by atomic mass is 79.9. The summed E-state index contributed by atoms with van der Waals surface area (Å²) in [6.45, 7) is 0.144. The summed E-state index contributed by atoms with van der Waals surface area (Å²) >= 11 is 3.41. The molecule has 16 heavy (non-hydrogen) atoms. The lowest BCUT2D eigenvalue weighted by molar-refractivity contribution is 0.112. The number of aliphatic hydroxyl groups is 1. The molecular weight excluding hydrogens is 270 g/mol. The largest absolute Gasteiger partial charge is 0.395 e. The normalized spacial score (nSPS) is 18.6. The minimum absolute atomic E-state index is 0.144. The van der Waals surface area contributed by atoms with Crippen molar-refractivity contribution in [3.63, 3.8) is 0 Å². The van der Waals surface area contributed by atoms with Crippen LogP contribution in [-0.2, 0) is 5.41 Å². The third-order valence-electron chi connectivity index (χ3n) is 3.39. The van der Waals surface area contributed by atoms with Crippen molar-refractivity contribution >= 4 is 21.6 Å². The Balaban J connectivity index is 2.11. The molecular formula is C11H12BrN3O. The van der Waals surface area contributed by atoms with E-state index < -0.39 is 0 Å². The van der Waals surface area contributed by atoms with Crippen LogP contribution in [-0.4, -0.2) is 26.3 Å². The summed E-state index contributed by atoms with van der Waals surface area (Å²) < 4.78 is 2.75.